The van der Waals surface area contributed by atoms with Crippen LogP contribution in [-0.2, 0) is 4.79 Å². The average molecular weight is 352 g/mol. The van der Waals surface area contributed by atoms with Crippen LogP contribution in [0.2, 0.25) is 0 Å². The minimum atomic E-state index is -0.428. The van der Waals surface area contributed by atoms with Gasteiger partial charge in [0.1, 0.15) is 5.70 Å². The highest BCUT2D eigenvalue weighted by atomic mass is 32.2. The largest absolute Gasteiger partial charge is 0.317 e. The Bertz CT molecular complexity index is 819. The number of amides is 2. The molecule has 0 saturated heterocycles. The molecule has 1 aliphatic heterocycles. The van der Waals surface area contributed by atoms with Crippen LogP contribution in [0.25, 0.3) is 6.08 Å². The normalized spacial score (nSPS) is 13.6. The van der Waals surface area contributed by atoms with Crippen molar-refractivity contribution in [2.45, 2.75) is 0 Å². The summed E-state index contributed by atoms with van der Waals surface area (Å²) in [7, 11) is 0. The third-order valence-corrected chi connectivity index (χ3v) is 4.05. The Labute approximate surface area is 149 Å². The summed E-state index contributed by atoms with van der Waals surface area (Å²) in [4.78, 5) is 25.0. The Morgan fingerprint density at radius 3 is 2.36 bits per heavy atom. The first kappa shape index (κ1) is 16.8. The molecule has 6 nitrogen and oxygen atoms in total. The van der Waals surface area contributed by atoms with Gasteiger partial charge in [0.15, 0.2) is 5.17 Å². The predicted molar refractivity (Wildman–Crippen MR) is 99.5 cm³/mol. The van der Waals surface area contributed by atoms with E-state index in [4.69, 9.17) is 0 Å². The molecule has 25 heavy (non-hydrogen) atoms. The van der Waals surface area contributed by atoms with Gasteiger partial charge in [-0.05, 0) is 23.8 Å². The zero-order chi connectivity index (χ0) is 17.5. The summed E-state index contributed by atoms with van der Waals surface area (Å²) in [6.07, 6.45) is 1.63. The number of amidine groups is 1. The lowest BCUT2D eigenvalue weighted by molar-refractivity contribution is -0.116. The maximum Gasteiger partial charge on any atom is 0.273 e. The van der Waals surface area contributed by atoms with Gasteiger partial charge in [-0.25, -0.2) is 0 Å². The highest BCUT2D eigenvalue weighted by molar-refractivity contribution is 8.14. The summed E-state index contributed by atoms with van der Waals surface area (Å²) in [5.41, 5.74) is 4.19. The van der Waals surface area contributed by atoms with Gasteiger partial charge in [-0.1, -0.05) is 60.3 Å². The monoisotopic (exact) mass is 352 g/mol. The number of nitrogens with zero attached hydrogens (tertiary/aromatic N) is 1. The maximum absolute atomic E-state index is 12.6. The summed E-state index contributed by atoms with van der Waals surface area (Å²) in [6, 6.07) is 18.1. The first-order valence-corrected chi connectivity index (χ1v) is 8.59. The lowest BCUT2D eigenvalue weighted by Crippen LogP contribution is -2.36. The van der Waals surface area contributed by atoms with Crippen molar-refractivity contribution in [2.75, 3.05) is 5.88 Å². The molecular weight excluding hydrogens is 336 g/mol. The van der Waals surface area contributed by atoms with Crippen molar-refractivity contribution in [3.8, 4) is 0 Å². The van der Waals surface area contributed by atoms with E-state index < -0.39 is 5.91 Å². The van der Waals surface area contributed by atoms with Crippen LogP contribution in [-0.4, -0.2) is 22.9 Å². The fourth-order valence-electron chi connectivity index (χ4n) is 2.12. The molecule has 0 aliphatic carbocycles. The van der Waals surface area contributed by atoms with Crippen molar-refractivity contribution in [3.05, 3.63) is 77.5 Å². The predicted octanol–water partition coefficient (Wildman–Crippen LogP) is 2.14. The molecule has 7 heteroatoms. The van der Waals surface area contributed by atoms with Gasteiger partial charge >= 0.3 is 0 Å². The van der Waals surface area contributed by atoms with Gasteiger partial charge < -0.3 is 5.32 Å². The van der Waals surface area contributed by atoms with Crippen molar-refractivity contribution >= 4 is 34.8 Å². The van der Waals surface area contributed by atoms with E-state index in [-0.39, 0.29) is 11.6 Å². The third kappa shape index (κ3) is 4.71. The quantitative estimate of drug-likeness (QED) is 0.736. The van der Waals surface area contributed by atoms with Gasteiger partial charge in [-0.15, -0.1) is 0 Å². The van der Waals surface area contributed by atoms with Crippen LogP contribution in [0.4, 0.5) is 0 Å². The number of hydrogen-bond acceptors (Lipinski definition) is 5. The number of carbonyl (C=O) groups is 2. The Kier molecular flexibility index (Phi) is 5.48. The van der Waals surface area contributed by atoms with Crippen LogP contribution in [0.5, 0.6) is 0 Å². The Hall–Kier alpha value is -3.06. The van der Waals surface area contributed by atoms with Crippen LogP contribution >= 0.6 is 11.8 Å². The van der Waals surface area contributed by atoms with E-state index in [0.29, 0.717) is 16.6 Å². The van der Waals surface area contributed by atoms with E-state index in [1.165, 1.54) is 11.8 Å². The van der Waals surface area contributed by atoms with Crippen LogP contribution < -0.4 is 16.1 Å². The van der Waals surface area contributed by atoms with E-state index in [1.807, 2.05) is 36.4 Å². The second-order valence-electron chi connectivity index (χ2n) is 5.11. The molecule has 3 N–H and O–H groups in total. The number of nitrogens with one attached hydrogen (secondary N) is 3. The zero-order valence-corrected chi connectivity index (χ0v) is 14.0. The van der Waals surface area contributed by atoms with Crippen molar-refractivity contribution in [3.63, 3.8) is 0 Å². The molecule has 0 aromatic heterocycles. The Morgan fingerprint density at radius 1 is 1.04 bits per heavy atom. The number of carbonyl (C=O) groups excluding carboxylic acids is 2. The van der Waals surface area contributed by atoms with Crippen molar-refractivity contribution in [1.29, 1.82) is 0 Å². The van der Waals surface area contributed by atoms with Crippen molar-refractivity contribution in [1.82, 2.24) is 16.1 Å². The van der Waals surface area contributed by atoms with Gasteiger partial charge in [0, 0.05) is 5.56 Å². The molecular formula is C18H16N4O2S. The molecule has 0 saturated carbocycles. The molecule has 2 aromatic carbocycles. The summed E-state index contributed by atoms with van der Waals surface area (Å²) in [6.45, 7) is 0. The Morgan fingerprint density at radius 2 is 1.72 bits per heavy atom. The van der Waals surface area contributed by atoms with Gasteiger partial charge in [0.25, 0.3) is 11.8 Å². The molecule has 0 radical (unpaired) electrons. The second kappa shape index (κ2) is 8.16. The lowest BCUT2D eigenvalue weighted by Gasteiger charge is -2.10. The highest BCUT2D eigenvalue weighted by Gasteiger charge is 2.17. The smallest absolute Gasteiger partial charge is 0.273 e. The Balaban J connectivity index is 1.82. The molecule has 0 atom stereocenters. The van der Waals surface area contributed by atoms with E-state index >= 15 is 0 Å². The number of rotatable bonds is 4. The molecule has 2 aromatic rings. The van der Waals surface area contributed by atoms with E-state index in [2.05, 4.69) is 21.2 Å². The molecule has 2 amide bonds. The number of hydrogen-bond donors (Lipinski definition) is 3. The molecule has 1 heterocycles. The summed E-state index contributed by atoms with van der Waals surface area (Å²) < 4.78 is 0. The fraction of sp³-hybridized carbons (Fsp3) is 0.0556. The maximum atomic E-state index is 12.6. The number of thioether (sulfide) groups is 1. The third-order valence-electron chi connectivity index (χ3n) is 3.31. The average Bonchev–Trinajstić information content (AvgIpc) is 3.15. The summed E-state index contributed by atoms with van der Waals surface area (Å²) >= 11 is 1.38. The van der Waals surface area contributed by atoms with Gasteiger partial charge in [0.05, 0.1) is 5.88 Å². The van der Waals surface area contributed by atoms with E-state index in [0.717, 1.165) is 5.56 Å². The first-order valence-electron chi connectivity index (χ1n) is 7.60. The molecule has 0 spiro atoms. The van der Waals surface area contributed by atoms with E-state index in [1.54, 1.807) is 30.3 Å². The highest BCUT2D eigenvalue weighted by Crippen LogP contribution is 2.09. The SMILES string of the molecule is O=C(NC1=NNCS1)/C(=C/c1ccccc1)NC(=O)c1ccccc1. The number of hydrazone groups is 1. The van der Waals surface area contributed by atoms with Gasteiger partial charge in [0.2, 0.25) is 0 Å². The minimum Gasteiger partial charge on any atom is -0.317 e. The second-order valence-corrected chi connectivity index (χ2v) is 6.07. The molecule has 0 unspecified atom stereocenters. The lowest BCUT2D eigenvalue weighted by atomic mass is 10.1. The van der Waals surface area contributed by atoms with E-state index in [9.17, 15) is 9.59 Å². The van der Waals surface area contributed by atoms with Crippen molar-refractivity contribution < 1.29 is 9.59 Å². The molecule has 0 fully saturated rings. The van der Waals surface area contributed by atoms with Gasteiger partial charge in [-0.2, -0.15) is 5.10 Å². The molecule has 3 rings (SSSR count). The minimum absolute atomic E-state index is 0.148. The summed E-state index contributed by atoms with van der Waals surface area (Å²) in [5, 5.41) is 9.80. The molecule has 1 aliphatic rings. The van der Waals surface area contributed by atoms with Crippen LogP contribution in [0.15, 0.2) is 71.5 Å². The topological polar surface area (TPSA) is 82.6 Å². The first-order chi connectivity index (χ1) is 12.2. The van der Waals surface area contributed by atoms with Gasteiger partial charge in [-0.3, -0.25) is 20.3 Å². The van der Waals surface area contributed by atoms with Crippen LogP contribution in [0, 0.1) is 0 Å². The zero-order valence-electron chi connectivity index (χ0n) is 13.2. The van der Waals surface area contributed by atoms with Crippen molar-refractivity contribution in [2.24, 2.45) is 5.10 Å². The standard InChI is InChI=1S/C18H16N4O2S/c23-16(14-9-5-2-6-10-14)20-15(11-13-7-3-1-4-8-13)17(24)21-18-22-19-12-25-18/h1-11,19H,12H2,(H,20,23)(H,21,22,24)/b15-11-. The fourth-order valence-corrected chi connectivity index (χ4v) is 2.68. The number of benzene rings is 2. The molecule has 0 bridgehead atoms. The summed E-state index contributed by atoms with van der Waals surface area (Å²) in [5.74, 6) is -0.177. The van der Waals surface area contributed by atoms with Crippen LogP contribution in [0.1, 0.15) is 15.9 Å². The molecule has 126 valence electrons. The van der Waals surface area contributed by atoms with Crippen LogP contribution in [0.3, 0.4) is 0 Å².